The Labute approximate surface area is 136 Å². The third-order valence-corrected chi connectivity index (χ3v) is 4.57. The second-order valence-corrected chi connectivity index (χ2v) is 6.14. The molecule has 7 heteroatoms. The molecule has 23 heavy (non-hydrogen) atoms. The molecule has 7 nitrogen and oxygen atoms in total. The Balaban J connectivity index is 1.54. The average Bonchev–Trinajstić information content (AvgIpc) is 3.14. The fraction of sp³-hybridized carbons (Fsp3) is 0.625. The quantitative estimate of drug-likeness (QED) is 0.849. The van der Waals surface area contributed by atoms with E-state index in [-0.39, 0.29) is 6.61 Å². The lowest BCUT2D eigenvalue weighted by Gasteiger charge is -2.34. The van der Waals surface area contributed by atoms with Crippen molar-refractivity contribution < 1.29 is 9.63 Å². The van der Waals surface area contributed by atoms with Crippen molar-refractivity contribution in [2.45, 2.75) is 33.5 Å². The van der Waals surface area contributed by atoms with Crippen LogP contribution in [0.25, 0.3) is 0 Å². The van der Waals surface area contributed by atoms with Gasteiger partial charge in [-0.2, -0.15) is 5.10 Å². The number of rotatable bonds is 6. The summed E-state index contributed by atoms with van der Waals surface area (Å²) >= 11 is 0. The van der Waals surface area contributed by atoms with Crippen LogP contribution in [0.3, 0.4) is 0 Å². The molecule has 0 bridgehead atoms. The van der Waals surface area contributed by atoms with Crippen molar-refractivity contribution in [2.75, 3.05) is 32.8 Å². The molecule has 1 N–H and O–H groups in total. The molecular weight excluding hydrogens is 294 g/mol. The van der Waals surface area contributed by atoms with Crippen molar-refractivity contribution in [3.63, 3.8) is 0 Å². The number of nitrogens with zero attached hydrogens (tertiary/aromatic N) is 5. The van der Waals surface area contributed by atoms with E-state index in [9.17, 15) is 0 Å². The van der Waals surface area contributed by atoms with E-state index in [0.29, 0.717) is 6.54 Å². The van der Waals surface area contributed by atoms with Crippen LogP contribution < -0.4 is 0 Å². The first-order valence-corrected chi connectivity index (χ1v) is 8.15. The highest BCUT2D eigenvalue weighted by Crippen LogP contribution is 2.17. The Hall–Kier alpha value is -1.70. The molecule has 0 radical (unpaired) electrons. The van der Waals surface area contributed by atoms with Crippen LogP contribution in [0.4, 0.5) is 0 Å². The van der Waals surface area contributed by atoms with E-state index in [4.69, 9.17) is 9.63 Å². The maximum atomic E-state index is 9.11. The lowest BCUT2D eigenvalue weighted by Crippen LogP contribution is -2.45. The van der Waals surface area contributed by atoms with Gasteiger partial charge in [-0.25, -0.2) is 0 Å². The second-order valence-electron chi connectivity index (χ2n) is 6.14. The summed E-state index contributed by atoms with van der Waals surface area (Å²) in [6.07, 6.45) is 1.63. The topological polar surface area (TPSA) is 70.6 Å². The molecule has 2 aromatic rings. The Morgan fingerprint density at radius 2 is 1.83 bits per heavy atom. The largest absolute Gasteiger partial charge is 0.394 e. The van der Waals surface area contributed by atoms with E-state index in [1.165, 1.54) is 11.3 Å². The number of aliphatic hydroxyl groups excluding tert-OH is 1. The molecule has 0 spiro atoms. The molecule has 0 atom stereocenters. The Morgan fingerprint density at radius 1 is 1.13 bits per heavy atom. The lowest BCUT2D eigenvalue weighted by atomic mass is 10.1. The van der Waals surface area contributed by atoms with Gasteiger partial charge in [-0.05, 0) is 13.8 Å². The number of aromatic nitrogens is 3. The van der Waals surface area contributed by atoms with Crippen molar-refractivity contribution in [3.05, 3.63) is 35.0 Å². The highest BCUT2D eigenvalue weighted by molar-refractivity contribution is 5.24. The third-order valence-electron chi connectivity index (χ3n) is 4.57. The van der Waals surface area contributed by atoms with E-state index in [1.807, 2.05) is 10.7 Å². The number of aliphatic hydroxyl groups is 1. The molecule has 3 heterocycles. The van der Waals surface area contributed by atoms with Crippen LogP contribution in [0.15, 0.2) is 16.9 Å². The number of hydrogen-bond acceptors (Lipinski definition) is 6. The van der Waals surface area contributed by atoms with Crippen molar-refractivity contribution in [2.24, 2.45) is 0 Å². The minimum atomic E-state index is 0.127. The summed E-state index contributed by atoms with van der Waals surface area (Å²) < 4.78 is 6.80. The molecule has 126 valence electrons. The van der Waals surface area contributed by atoms with Crippen LogP contribution in [0, 0.1) is 13.8 Å². The summed E-state index contributed by atoms with van der Waals surface area (Å²) in [5.41, 5.74) is 4.53. The Bertz CT molecular complexity index is 615. The minimum Gasteiger partial charge on any atom is -0.394 e. The second kappa shape index (κ2) is 7.25. The lowest BCUT2D eigenvalue weighted by molar-refractivity contribution is 0.119. The van der Waals surface area contributed by atoms with Gasteiger partial charge in [-0.1, -0.05) is 5.16 Å². The van der Waals surface area contributed by atoms with E-state index in [0.717, 1.165) is 50.7 Å². The van der Waals surface area contributed by atoms with Crippen molar-refractivity contribution in [1.29, 1.82) is 0 Å². The molecule has 1 aliphatic rings. The summed E-state index contributed by atoms with van der Waals surface area (Å²) in [6.45, 7) is 10.8. The van der Waals surface area contributed by atoms with Gasteiger partial charge in [-0.15, -0.1) is 0 Å². The van der Waals surface area contributed by atoms with E-state index < -0.39 is 0 Å². The van der Waals surface area contributed by atoms with Crippen LogP contribution in [0.1, 0.15) is 22.6 Å². The van der Waals surface area contributed by atoms with Crippen LogP contribution in [-0.4, -0.2) is 62.6 Å². The molecule has 2 aromatic heterocycles. The zero-order valence-corrected chi connectivity index (χ0v) is 13.9. The first-order valence-electron chi connectivity index (χ1n) is 8.15. The van der Waals surface area contributed by atoms with Gasteiger partial charge in [0, 0.05) is 56.6 Å². The third kappa shape index (κ3) is 3.80. The summed E-state index contributed by atoms with van der Waals surface area (Å²) in [6, 6.07) is 1.93. The summed E-state index contributed by atoms with van der Waals surface area (Å²) in [5, 5.41) is 17.6. The minimum absolute atomic E-state index is 0.127. The number of hydrogen-bond donors (Lipinski definition) is 1. The molecule has 0 aromatic carbocycles. The van der Waals surface area contributed by atoms with E-state index in [2.05, 4.69) is 33.9 Å². The molecule has 0 saturated carbocycles. The predicted octanol–water partition coefficient (Wildman–Crippen LogP) is 0.798. The molecule has 1 fully saturated rings. The van der Waals surface area contributed by atoms with Gasteiger partial charge in [0.2, 0.25) is 0 Å². The maximum absolute atomic E-state index is 9.11. The van der Waals surface area contributed by atoms with Gasteiger partial charge in [0.25, 0.3) is 0 Å². The van der Waals surface area contributed by atoms with Crippen LogP contribution >= 0.6 is 0 Å². The molecule has 1 aliphatic heterocycles. The van der Waals surface area contributed by atoms with E-state index in [1.54, 1.807) is 6.26 Å². The van der Waals surface area contributed by atoms with Crippen LogP contribution in [0.2, 0.25) is 0 Å². The van der Waals surface area contributed by atoms with E-state index >= 15 is 0 Å². The first kappa shape index (κ1) is 16.2. The Kier molecular flexibility index (Phi) is 5.09. The fourth-order valence-electron chi connectivity index (χ4n) is 3.15. The summed E-state index contributed by atoms with van der Waals surface area (Å²) in [4.78, 5) is 4.88. The van der Waals surface area contributed by atoms with Gasteiger partial charge in [0.1, 0.15) is 6.26 Å². The zero-order chi connectivity index (χ0) is 16.2. The van der Waals surface area contributed by atoms with Crippen molar-refractivity contribution in [3.8, 4) is 0 Å². The maximum Gasteiger partial charge on any atom is 0.124 e. The average molecular weight is 319 g/mol. The molecule has 0 unspecified atom stereocenters. The van der Waals surface area contributed by atoms with Crippen molar-refractivity contribution >= 4 is 0 Å². The van der Waals surface area contributed by atoms with Gasteiger partial charge >= 0.3 is 0 Å². The number of piperazine rings is 1. The van der Waals surface area contributed by atoms with Crippen LogP contribution in [0.5, 0.6) is 0 Å². The SMILES string of the molecule is Cc1nn(CCO)c(C)c1CN1CCN(Cc2ccon2)CC1. The first-order chi connectivity index (χ1) is 11.2. The van der Waals surface area contributed by atoms with Gasteiger partial charge in [-0.3, -0.25) is 14.5 Å². The summed E-state index contributed by atoms with van der Waals surface area (Å²) in [5.74, 6) is 0. The van der Waals surface area contributed by atoms with Crippen LogP contribution in [-0.2, 0) is 19.6 Å². The molecular formula is C16H25N5O2. The molecule has 0 aliphatic carbocycles. The monoisotopic (exact) mass is 319 g/mol. The number of aryl methyl sites for hydroxylation is 1. The van der Waals surface area contributed by atoms with Gasteiger partial charge in [0.05, 0.1) is 24.5 Å². The Morgan fingerprint density at radius 3 is 2.43 bits per heavy atom. The highest BCUT2D eigenvalue weighted by Gasteiger charge is 2.20. The normalized spacial score (nSPS) is 17.0. The van der Waals surface area contributed by atoms with Gasteiger partial charge in [0.15, 0.2) is 0 Å². The van der Waals surface area contributed by atoms with Crippen molar-refractivity contribution in [1.82, 2.24) is 24.7 Å². The molecule has 1 saturated heterocycles. The highest BCUT2D eigenvalue weighted by atomic mass is 16.5. The fourth-order valence-corrected chi connectivity index (χ4v) is 3.15. The smallest absolute Gasteiger partial charge is 0.124 e. The molecule has 0 amide bonds. The van der Waals surface area contributed by atoms with Gasteiger partial charge < -0.3 is 9.63 Å². The zero-order valence-electron chi connectivity index (χ0n) is 13.9. The predicted molar refractivity (Wildman–Crippen MR) is 85.8 cm³/mol. The standard InChI is InChI=1S/C16H25N5O2/c1-13-16(14(2)21(17-13)8-9-22)12-20-6-4-19(5-7-20)11-15-3-10-23-18-15/h3,10,22H,4-9,11-12H2,1-2H3. The summed E-state index contributed by atoms with van der Waals surface area (Å²) in [7, 11) is 0. The molecule has 3 rings (SSSR count).